The van der Waals surface area contributed by atoms with E-state index >= 15 is 0 Å². The molecule has 0 aliphatic heterocycles. The molecular weight excluding hydrogens is 430 g/mol. The maximum Gasteiger partial charge on any atom is 0.251 e. The van der Waals surface area contributed by atoms with E-state index in [4.69, 9.17) is 32.8 Å². The Morgan fingerprint density at radius 2 is 1.87 bits per heavy atom. The Morgan fingerprint density at radius 1 is 1.20 bits per heavy atom. The first kappa shape index (κ1) is 24.1. The minimum atomic E-state index is -0.655. The van der Waals surface area contributed by atoms with Crippen molar-refractivity contribution in [3.8, 4) is 0 Å². The lowest BCUT2D eigenvalue weighted by Gasteiger charge is -2.17. The number of hydrogen-bond donors (Lipinski definition) is 1. The van der Waals surface area contributed by atoms with Crippen molar-refractivity contribution in [1.29, 1.82) is 0 Å². The van der Waals surface area contributed by atoms with E-state index < -0.39 is 5.82 Å². The second-order valence-electron chi connectivity index (χ2n) is 6.83. The van der Waals surface area contributed by atoms with Gasteiger partial charge in [-0.05, 0) is 54.3 Å². The number of nitrogens with zero attached hydrogens (tertiary/aromatic N) is 1. The van der Waals surface area contributed by atoms with Crippen LogP contribution >= 0.6 is 23.2 Å². The molecule has 2 aromatic carbocycles. The number of carbonyl (C=O) groups is 1. The summed E-state index contributed by atoms with van der Waals surface area (Å²) in [6.07, 6.45) is 1.09. The van der Waals surface area contributed by atoms with Crippen LogP contribution < -0.4 is 5.32 Å². The zero-order valence-corrected chi connectivity index (χ0v) is 18.9. The van der Waals surface area contributed by atoms with E-state index in [9.17, 15) is 9.18 Å². The van der Waals surface area contributed by atoms with Crippen LogP contribution in [0, 0.1) is 12.7 Å². The summed E-state index contributed by atoms with van der Waals surface area (Å²) in [6.45, 7) is 4.29. The summed E-state index contributed by atoms with van der Waals surface area (Å²) >= 11 is 11.8. The molecule has 30 heavy (non-hydrogen) atoms. The Balaban J connectivity index is 2.27. The molecule has 0 aliphatic rings. The Kier molecular flexibility index (Phi) is 9.08. The fourth-order valence-corrected chi connectivity index (χ4v) is 3.56. The highest BCUT2D eigenvalue weighted by atomic mass is 35.5. The summed E-state index contributed by atoms with van der Waals surface area (Å²) in [5, 5.41) is 6.95. The van der Waals surface area contributed by atoms with E-state index in [1.54, 1.807) is 19.2 Å². The first-order valence-electron chi connectivity index (χ1n) is 9.44. The number of aryl methyl sites for hydroxylation is 1. The SMILES string of the molecule is CCC(COC)NC(=O)c1ccc(/C(Cc2cc(Cl)c(F)c(Cl)c2)=N/OC)cc1C. The van der Waals surface area contributed by atoms with Gasteiger partial charge in [0.1, 0.15) is 7.11 Å². The molecule has 0 heterocycles. The smallest absolute Gasteiger partial charge is 0.251 e. The lowest BCUT2D eigenvalue weighted by atomic mass is 9.97. The number of rotatable bonds is 9. The maximum atomic E-state index is 13.7. The zero-order chi connectivity index (χ0) is 22.3. The maximum absolute atomic E-state index is 13.7. The number of methoxy groups -OCH3 is 1. The Morgan fingerprint density at radius 3 is 2.40 bits per heavy atom. The molecule has 1 atom stereocenters. The number of hydrogen-bond acceptors (Lipinski definition) is 4. The van der Waals surface area contributed by atoms with Gasteiger partial charge in [0.25, 0.3) is 5.91 Å². The van der Waals surface area contributed by atoms with Crippen LogP contribution in [-0.2, 0) is 16.0 Å². The predicted molar refractivity (Wildman–Crippen MR) is 118 cm³/mol. The lowest BCUT2D eigenvalue weighted by molar-refractivity contribution is 0.0894. The topological polar surface area (TPSA) is 59.9 Å². The Hall–Kier alpha value is -2.15. The van der Waals surface area contributed by atoms with Crippen molar-refractivity contribution in [2.24, 2.45) is 5.16 Å². The van der Waals surface area contributed by atoms with Crippen molar-refractivity contribution in [2.75, 3.05) is 20.8 Å². The van der Waals surface area contributed by atoms with Gasteiger partial charge in [-0.3, -0.25) is 4.79 Å². The molecule has 0 saturated carbocycles. The first-order chi connectivity index (χ1) is 14.3. The Bertz CT molecular complexity index is 912. The number of nitrogens with one attached hydrogen (secondary N) is 1. The molecule has 162 valence electrons. The number of ether oxygens (including phenoxy) is 1. The van der Waals surface area contributed by atoms with E-state index in [0.29, 0.717) is 29.9 Å². The van der Waals surface area contributed by atoms with Crippen molar-refractivity contribution in [2.45, 2.75) is 32.7 Å². The highest BCUT2D eigenvalue weighted by Crippen LogP contribution is 2.26. The van der Waals surface area contributed by atoms with Crippen LogP contribution in [-0.4, -0.2) is 38.5 Å². The molecular formula is C22H25Cl2FN2O3. The molecule has 0 aliphatic carbocycles. The molecule has 0 bridgehead atoms. The van der Waals surface area contributed by atoms with Crippen LogP contribution in [0.25, 0.3) is 0 Å². The Labute approximate surface area is 186 Å². The van der Waals surface area contributed by atoms with E-state index in [0.717, 1.165) is 17.5 Å². The first-order valence-corrected chi connectivity index (χ1v) is 10.2. The fourth-order valence-electron chi connectivity index (χ4n) is 3.02. The van der Waals surface area contributed by atoms with Crippen LogP contribution in [0.2, 0.25) is 10.0 Å². The van der Waals surface area contributed by atoms with Crippen molar-refractivity contribution < 1.29 is 18.8 Å². The van der Waals surface area contributed by atoms with Gasteiger partial charge in [-0.2, -0.15) is 0 Å². The third-order valence-corrected chi connectivity index (χ3v) is 5.17. The van der Waals surface area contributed by atoms with Crippen LogP contribution in [0.4, 0.5) is 4.39 Å². The number of amides is 1. The third kappa shape index (κ3) is 6.17. The van der Waals surface area contributed by atoms with Gasteiger partial charge < -0.3 is 14.9 Å². The van der Waals surface area contributed by atoms with E-state index in [-0.39, 0.29) is 22.0 Å². The van der Waals surface area contributed by atoms with Crippen LogP contribution in [0.1, 0.15) is 40.4 Å². The van der Waals surface area contributed by atoms with Crippen molar-refractivity contribution in [3.63, 3.8) is 0 Å². The molecule has 8 heteroatoms. The molecule has 0 radical (unpaired) electrons. The summed E-state index contributed by atoms with van der Waals surface area (Å²) < 4.78 is 18.8. The standard InChI is InChI=1S/C22H25Cl2FN2O3/c1-5-16(12-29-3)26-22(28)17-7-6-15(8-13(17)2)20(27-30-4)11-14-9-18(23)21(25)19(24)10-14/h6-10,16H,5,11-12H2,1-4H3,(H,26,28)/b27-20+. The van der Waals surface area contributed by atoms with Gasteiger partial charge in [0.2, 0.25) is 0 Å². The highest BCUT2D eigenvalue weighted by molar-refractivity contribution is 6.35. The van der Waals surface area contributed by atoms with E-state index in [2.05, 4.69) is 10.5 Å². The molecule has 0 spiro atoms. The fraction of sp³-hybridized carbons (Fsp3) is 0.364. The van der Waals surface area contributed by atoms with E-state index in [1.165, 1.54) is 19.2 Å². The van der Waals surface area contributed by atoms with Crippen molar-refractivity contribution in [3.05, 3.63) is 68.4 Å². The van der Waals surface area contributed by atoms with Gasteiger partial charge in [0.15, 0.2) is 5.82 Å². The normalized spacial score (nSPS) is 12.6. The highest BCUT2D eigenvalue weighted by Gasteiger charge is 2.16. The lowest BCUT2D eigenvalue weighted by Crippen LogP contribution is -2.37. The van der Waals surface area contributed by atoms with Crippen molar-refractivity contribution in [1.82, 2.24) is 5.32 Å². The summed E-state index contributed by atoms with van der Waals surface area (Å²) in [5.41, 5.74) is 3.41. The molecule has 1 N–H and O–H groups in total. The number of benzene rings is 2. The quantitative estimate of drug-likeness (QED) is 0.322. The van der Waals surface area contributed by atoms with Gasteiger partial charge in [0.05, 0.1) is 28.4 Å². The molecule has 1 amide bonds. The summed E-state index contributed by atoms with van der Waals surface area (Å²) in [4.78, 5) is 17.6. The summed E-state index contributed by atoms with van der Waals surface area (Å²) in [7, 11) is 3.05. The van der Waals surface area contributed by atoms with E-state index in [1.807, 2.05) is 19.9 Å². The largest absolute Gasteiger partial charge is 0.399 e. The summed E-state index contributed by atoms with van der Waals surface area (Å²) in [5.74, 6) is -0.817. The van der Waals surface area contributed by atoms with Crippen LogP contribution in [0.5, 0.6) is 0 Å². The summed E-state index contributed by atoms with van der Waals surface area (Å²) in [6, 6.07) is 8.35. The van der Waals surface area contributed by atoms with Gasteiger partial charge in [-0.1, -0.05) is 41.3 Å². The molecule has 0 aromatic heterocycles. The molecule has 5 nitrogen and oxygen atoms in total. The van der Waals surface area contributed by atoms with Gasteiger partial charge in [0, 0.05) is 19.1 Å². The number of oxime groups is 1. The molecule has 2 rings (SSSR count). The predicted octanol–water partition coefficient (Wildman–Crippen LogP) is 5.19. The van der Waals surface area contributed by atoms with Gasteiger partial charge in [-0.15, -0.1) is 0 Å². The number of carbonyl (C=O) groups excluding carboxylic acids is 1. The second-order valence-corrected chi connectivity index (χ2v) is 7.65. The minimum absolute atomic E-state index is 0.0554. The van der Waals surface area contributed by atoms with Crippen LogP contribution in [0.15, 0.2) is 35.5 Å². The molecule has 1 unspecified atom stereocenters. The molecule has 0 fully saturated rings. The average Bonchev–Trinajstić information content (AvgIpc) is 2.71. The molecule has 0 saturated heterocycles. The zero-order valence-electron chi connectivity index (χ0n) is 17.4. The second kappa shape index (κ2) is 11.3. The monoisotopic (exact) mass is 454 g/mol. The van der Waals surface area contributed by atoms with Gasteiger partial charge in [-0.25, -0.2) is 4.39 Å². The number of halogens is 3. The minimum Gasteiger partial charge on any atom is -0.399 e. The average molecular weight is 455 g/mol. The van der Waals surface area contributed by atoms with Crippen molar-refractivity contribution >= 4 is 34.8 Å². The molecule has 2 aromatic rings. The third-order valence-electron chi connectivity index (χ3n) is 4.62. The van der Waals surface area contributed by atoms with Crippen LogP contribution in [0.3, 0.4) is 0 Å². The van der Waals surface area contributed by atoms with Gasteiger partial charge >= 0.3 is 0 Å².